The van der Waals surface area contributed by atoms with Crippen LogP contribution >= 0.6 is 0 Å². The second-order valence-electron chi connectivity index (χ2n) is 15.9. The Morgan fingerprint density at radius 2 is 0.649 bits per heavy atom. The minimum Gasteiger partial charge on any atom is -0.311 e. The molecule has 57 heavy (non-hydrogen) atoms. The lowest BCUT2D eigenvalue weighted by Crippen LogP contribution is -2.11. The Balaban J connectivity index is 1.05. The number of nitrogens with zero attached hydrogens (tertiary/aromatic N) is 5. The Morgan fingerprint density at radius 3 is 1.05 bits per heavy atom. The molecule has 6 aromatic carbocycles. The van der Waals surface area contributed by atoms with Crippen molar-refractivity contribution in [2.45, 2.75) is 76.0 Å². The molecule has 0 bridgehead atoms. The van der Waals surface area contributed by atoms with Crippen molar-refractivity contribution in [3.05, 3.63) is 163 Å². The molecule has 5 nitrogen and oxygen atoms in total. The molecule has 2 aromatic heterocycles. The van der Waals surface area contributed by atoms with Crippen LogP contribution in [0.15, 0.2) is 152 Å². The minimum atomic E-state index is 0.439. The van der Waals surface area contributed by atoms with E-state index in [1.54, 1.807) is 0 Å². The Kier molecular flexibility index (Phi) is 9.73. The second kappa shape index (κ2) is 15.7. The van der Waals surface area contributed by atoms with Gasteiger partial charge in [0.05, 0.1) is 44.8 Å². The molecule has 0 saturated heterocycles. The molecule has 0 amide bonds. The smallest absolute Gasteiger partial charge is 0.0928 e. The molecule has 2 fully saturated rings. The number of hydrogen-bond acceptors (Lipinski definition) is 5. The highest BCUT2D eigenvalue weighted by atomic mass is 15.1. The Morgan fingerprint density at radius 1 is 0.316 bits per heavy atom. The van der Waals surface area contributed by atoms with Gasteiger partial charge in [-0.05, 0) is 97.5 Å². The van der Waals surface area contributed by atoms with E-state index in [0.717, 1.165) is 73.0 Å². The summed E-state index contributed by atoms with van der Waals surface area (Å²) >= 11 is 0. The van der Waals surface area contributed by atoms with E-state index in [1.165, 1.54) is 75.3 Å². The monoisotopic (exact) mass is 741 g/mol. The van der Waals surface area contributed by atoms with Gasteiger partial charge in [-0.15, -0.1) is 0 Å². The Labute approximate surface area is 335 Å². The van der Waals surface area contributed by atoms with Gasteiger partial charge in [0.25, 0.3) is 0 Å². The van der Waals surface area contributed by atoms with Gasteiger partial charge in [0.15, 0.2) is 0 Å². The van der Waals surface area contributed by atoms with Crippen LogP contribution in [-0.2, 0) is 0 Å². The normalized spacial score (nSPS) is 15.2. The lowest BCUT2D eigenvalue weighted by molar-refractivity contribution is 0.437. The SMILES string of the molecule is c1ccc(-c2ccc(N(c3ccc(-c4nc5ccccc5nc4C4CCCCC4)cc3)c3ccc(-c4nc5ccccc5nc4C4CCCCC4)cc3)cc2)cc1. The van der Waals surface area contributed by atoms with E-state index in [-0.39, 0.29) is 0 Å². The van der Waals surface area contributed by atoms with Crippen LogP contribution in [0.3, 0.4) is 0 Å². The van der Waals surface area contributed by atoms with E-state index in [0.29, 0.717) is 11.8 Å². The third-order valence-electron chi connectivity index (χ3n) is 12.2. The zero-order valence-corrected chi connectivity index (χ0v) is 32.4. The van der Waals surface area contributed by atoms with Crippen LogP contribution in [0.25, 0.3) is 55.7 Å². The zero-order valence-electron chi connectivity index (χ0n) is 32.4. The first-order valence-corrected chi connectivity index (χ1v) is 20.9. The summed E-state index contributed by atoms with van der Waals surface area (Å²) < 4.78 is 0. The fourth-order valence-electron chi connectivity index (χ4n) is 9.19. The number of benzene rings is 6. The molecule has 0 atom stereocenters. The van der Waals surface area contributed by atoms with E-state index in [1.807, 2.05) is 0 Å². The summed E-state index contributed by atoms with van der Waals surface area (Å²) in [7, 11) is 0. The fraction of sp³-hybridized carbons (Fsp3) is 0.231. The number of fused-ring (bicyclic) bond motifs is 2. The molecule has 0 unspecified atom stereocenters. The average Bonchev–Trinajstić information content (AvgIpc) is 3.30. The first-order chi connectivity index (χ1) is 28.2. The first kappa shape index (κ1) is 35.2. The van der Waals surface area contributed by atoms with Crippen molar-refractivity contribution >= 4 is 39.1 Å². The predicted octanol–water partition coefficient (Wildman–Crippen LogP) is 14.1. The van der Waals surface area contributed by atoms with Crippen LogP contribution in [0.5, 0.6) is 0 Å². The van der Waals surface area contributed by atoms with Gasteiger partial charge < -0.3 is 4.90 Å². The molecule has 2 aliphatic rings. The standard InChI is InChI=1S/C52H47N5/c1-4-14-36(15-5-1)37-24-30-42(31-25-37)57(43-32-26-40(27-33-43)51-49(38-16-6-2-7-17-38)53-45-20-10-12-22-47(45)55-51)44-34-28-41(29-35-44)52-50(39-18-8-3-9-19-39)54-46-21-11-13-23-48(46)56-52/h1,4-5,10-15,20-35,38-39H,2-3,6-9,16-19H2. The number of rotatable bonds is 8. The molecule has 10 rings (SSSR count). The van der Waals surface area contributed by atoms with Crippen LogP contribution < -0.4 is 4.90 Å². The van der Waals surface area contributed by atoms with E-state index in [9.17, 15) is 0 Å². The highest BCUT2D eigenvalue weighted by Crippen LogP contribution is 2.42. The molecule has 0 spiro atoms. The predicted molar refractivity (Wildman–Crippen MR) is 235 cm³/mol. The largest absolute Gasteiger partial charge is 0.311 e. The molecule has 2 aliphatic carbocycles. The number of aromatic nitrogens is 4. The molecule has 0 N–H and O–H groups in total. The summed E-state index contributed by atoms with van der Waals surface area (Å²) in [4.78, 5) is 23.4. The summed E-state index contributed by atoms with van der Waals surface area (Å²) in [5.74, 6) is 0.879. The van der Waals surface area contributed by atoms with Gasteiger partial charge in [0.1, 0.15) is 0 Å². The Hall–Kier alpha value is -6.20. The number of para-hydroxylation sites is 4. The summed E-state index contributed by atoms with van der Waals surface area (Å²) in [6.45, 7) is 0. The molecule has 8 aromatic rings. The van der Waals surface area contributed by atoms with E-state index >= 15 is 0 Å². The first-order valence-electron chi connectivity index (χ1n) is 20.9. The van der Waals surface area contributed by atoms with Gasteiger partial charge in [-0.2, -0.15) is 0 Å². The maximum atomic E-state index is 5.26. The highest BCUT2D eigenvalue weighted by Gasteiger charge is 2.25. The third kappa shape index (κ3) is 7.19. The molecule has 0 radical (unpaired) electrons. The molecular weight excluding hydrogens is 695 g/mol. The summed E-state index contributed by atoms with van der Waals surface area (Å²) in [6, 6.07) is 54.0. The average molecular weight is 742 g/mol. The lowest BCUT2D eigenvalue weighted by Gasteiger charge is -2.27. The molecule has 2 heterocycles. The van der Waals surface area contributed by atoms with E-state index in [4.69, 9.17) is 19.9 Å². The molecular formula is C52H47N5. The quantitative estimate of drug-likeness (QED) is 0.155. The number of anilines is 3. The maximum absolute atomic E-state index is 5.26. The number of hydrogen-bond donors (Lipinski definition) is 0. The summed E-state index contributed by atoms with van der Waals surface area (Å²) in [5.41, 5.74) is 16.1. The van der Waals surface area contributed by atoms with Gasteiger partial charge in [-0.25, -0.2) is 19.9 Å². The topological polar surface area (TPSA) is 54.8 Å². The van der Waals surface area contributed by atoms with Crippen LogP contribution in [0.2, 0.25) is 0 Å². The van der Waals surface area contributed by atoms with Crippen molar-refractivity contribution in [3.8, 4) is 33.6 Å². The van der Waals surface area contributed by atoms with Crippen molar-refractivity contribution in [1.82, 2.24) is 19.9 Å². The van der Waals surface area contributed by atoms with Crippen LogP contribution in [-0.4, -0.2) is 19.9 Å². The summed E-state index contributed by atoms with van der Waals surface area (Å²) in [5, 5.41) is 0. The Bertz CT molecular complexity index is 2480. The molecule has 5 heteroatoms. The van der Waals surface area contributed by atoms with E-state index < -0.39 is 0 Å². The van der Waals surface area contributed by atoms with Crippen LogP contribution in [0.4, 0.5) is 17.1 Å². The third-order valence-corrected chi connectivity index (χ3v) is 12.2. The van der Waals surface area contributed by atoms with Crippen molar-refractivity contribution in [2.75, 3.05) is 4.90 Å². The lowest BCUT2D eigenvalue weighted by atomic mass is 9.85. The van der Waals surface area contributed by atoms with Crippen molar-refractivity contribution in [3.63, 3.8) is 0 Å². The fourth-order valence-corrected chi connectivity index (χ4v) is 9.19. The van der Waals surface area contributed by atoms with Crippen molar-refractivity contribution in [2.24, 2.45) is 0 Å². The minimum absolute atomic E-state index is 0.439. The molecule has 280 valence electrons. The van der Waals surface area contributed by atoms with Gasteiger partial charge in [0.2, 0.25) is 0 Å². The maximum Gasteiger partial charge on any atom is 0.0928 e. The van der Waals surface area contributed by atoms with Gasteiger partial charge >= 0.3 is 0 Å². The van der Waals surface area contributed by atoms with Gasteiger partial charge in [-0.3, -0.25) is 0 Å². The van der Waals surface area contributed by atoms with E-state index in [2.05, 4.69) is 157 Å². The molecule has 0 aliphatic heterocycles. The van der Waals surface area contributed by atoms with Crippen molar-refractivity contribution in [1.29, 1.82) is 0 Å². The summed E-state index contributed by atoms with van der Waals surface area (Å²) in [6.07, 6.45) is 12.3. The zero-order chi connectivity index (χ0) is 38.0. The van der Waals surface area contributed by atoms with Gasteiger partial charge in [-0.1, -0.05) is 130 Å². The highest BCUT2D eigenvalue weighted by molar-refractivity contribution is 5.84. The second-order valence-corrected chi connectivity index (χ2v) is 15.9. The van der Waals surface area contributed by atoms with Crippen molar-refractivity contribution < 1.29 is 0 Å². The van der Waals surface area contributed by atoms with Crippen LogP contribution in [0, 0.1) is 0 Å². The molecule has 2 saturated carbocycles. The van der Waals surface area contributed by atoms with Crippen LogP contribution in [0.1, 0.15) is 87.4 Å². The van der Waals surface area contributed by atoms with Gasteiger partial charge in [0, 0.05) is 40.0 Å².